The van der Waals surface area contributed by atoms with Crippen molar-refractivity contribution < 1.29 is 59.8 Å². The number of ether oxygens (including phenoxy) is 4. The predicted molar refractivity (Wildman–Crippen MR) is 200 cm³/mol. The van der Waals surface area contributed by atoms with Crippen molar-refractivity contribution in [1.29, 1.82) is 0 Å². The van der Waals surface area contributed by atoms with Gasteiger partial charge in [-0.2, -0.15) is 0 Å². The lowest BCUT2D eigenvalue weighted by Gasteiger charge is -2.70. The molecule has 0 aromatic heterocycles. The quantitative estimate of drug-likeness (QED) is 0.120. The van der Waals surface area contributed by atoms with Gasteiger partial charge in [0.25, 0.3) is 0 Å². The van der Waals surface area contributed by atoms with E-state index in [2.05, 4.69) is 61.5 Å². The largest absolute Gasteiger partial charge is 0.394 e. The highest BCUT2D eigenvalue weighted by Crippen LogP contribution is 2.76. The molecule has 6 rings (SSSR count). The molecule has 312 valence electrons. The normalized spacial score (nSPS) is 51.4. The lowest BCUT2D eigenvalue weighted by atomic mass is 9.35. The van der Waals surface area contributed by atoms with E-state index in [1.54, 1.807) is 0 Å². The highest BCUT2D eigenvalue weighted by molar-refractivity contribution is 5.18. The van der Waals surface area contributed by atoms with Crippen LogP contribution in [0.25, 0.3) is 0 Å². The molecule has 6 fully saturated rings. The van der Waals surface area contributed by atoms with Gasteiger partial charge in [-0.15, -0.1) is 0 Å². The van der Waals surface area contributed by atoms with Gasteiger partial charge in [0.2, 0.25) is 0 Å². The highest BCUT2D eigenvalue weighted by Gasteiger charge is 2.70. The van der Waals surface area contributed by atoms with Crippen LogP contribution in [0.2, 0.25) is 0 Å². The molecule has 8 N–H and O–H groups in total. The van der Waals surface area contributed by atoms with Crippen molar-refractivity contribution in [1.82, 2.24) is 0 Å². The van der Waals surface area contributed by atoms with Crippen molar-refractivity contribution >= 4 is 0 Å². The predicted octanol–water partition coefficient (Wildman–Crippen LogP) is 3.18. The molecule has 7 unspecified atom stereocenters. The fraction of sp³-hybridized carbons (Fsp3) is 0.952. The van der Waals surface area contributed by atoms with E-state index in [9.17, 15) is 40.9 Å². The summed E-state index contributed by atoms with van der Waals surface area (Å²) in [6.45, 7) is 17.2. The Labute approximate surface area is 322 Å². The monoisotopic (exact) mass is 769 g/mol. The Morgan fingerprint density at radius 3 is 1.94 bits per heavy atom. The zero-order chi connectivity index (χ0) is 39.8. The molecule has 12 heteroatoms. The first-order valence-electron chi connectivity index (χ1n) is 20.8. The lowest BCUT2D eigenvalue weighted by Crippen LogP contribution is -2.66. The molecule has 2 aliphatic heterocycles. The topological polar surface area (TPSA) is 199 Å². The SMILES string of the molecule is CC(C)=CCCC(C)(O)C1CC[C@]2(C)C1CCC1[C@@]3(C)CC[C@H](OC4O[C@H](CO)[C@@H](O)[C@H](O)[C@H]4OC4O[C@H](CO)[C@@H](O)[C@H](O)[C@H]4O)C(C)(C)C3CC[C@]12C. The average Bonchev–Trinajstić information content (AvgIpc) is 3.47. The Hall–Kier alpha value is -0.740. The maximum absolute atomic E-state index is 11.9. The van der Waals surface area contributed by atoms with E-state index in [-0.39, 0.29) is 27.8 Å². The van der Waals surface area contributed by atoms with Crippen molar-refractivity contribution in [3.05, 3.63) is 11.6 Å². The zero-order valence-corrected chi connectivity index (χ0v) is 33.9. The molecule has 0 radical (unpaired) electrons. The fourth-order valence-corrected chi connectivity index (χ4v) is 13.4. The van der Waals surface area contributed by atoms with Gasteiger partial charge in [-0.25, -0.2) is 0 Å². The summed E-state index contributed by atoms with van der Waals surface area (Å²) in [5.74, 6) is 1.59. The Balaban J connectivity index is 1.21. The van der Waals surface area contributed by atoms with Crippen LogP contribution in [0.15, 0.2) is 11.6 Å². The molecule has 0 aromatic rings. The van der Waals surface area contributed by atoms with Crippen LogP contribution in [0.5, 0.6) is 0 Å². The number of fused-ring (bicyclic) bond motifs is 5. The van der Waals surface area contributed by atoms with E-state index in [0.29, 0.717) is 30.1 Å². The van der Waals surface area contributed by atoms with Crippen LogP contribution in [0.4, 0.5) is 0 Å². The molecular weight excluding hydrogens is 696 g/mol. The van der Waals surface area contributed by atoms with Crippen LogP contribution >= 0.6 is 0 Å². The van der Waals surface area contributed by atoms with E-state index >= 15 is 0 Å². The Morgan fingerprint density at radius 2 is 1.31 bits per heavy atom. The van der Waals surface area contributed by atoms with Crippen LogP contribution in [0, 0.1) is 45.3 Å². The van der Waals surface area contributed by atoms with E-state index in [1.165, 1.54) is 5.57 Å². The van der Waals surface area contributed by atoms with Crippen molar-refractivity contribution in [2.45, 2.75) is 193 Å². The molecule has 0 bridgehead atoms. The van der Waals surface area contributed by atoms with Gasteiger partial charge in [-0.05, 0) is 130 Å². The van der Waals surface area contributed by atoms with Gasteiger partial charge in [0.05, 0.1) is 24.9 Å². The molecule has 2 saturated heterocycles. The maximum Gasteiger partial charge on any atom is 0.187 e. The van der Waals surface area contributed by atoms with Gasteiger partial charge >= 0.3 is 0 Å². The third kappa shape index (κ3) is 6.97. The summed E-state index contributed by atoms with van der Waals surface area (Å²) < 4.78 is 24.4. The lowest BCUT2D eigenvalue weighted by molar-refractivity contribution is -0.378. The minimum absolute atomic E-state index is 0.0391. The summed E-state index contributed by atoms with van der Waals surface area (Å²) >= 11 is 0. The maximum atomic E-state index is 11.9. The number of aliphatic hydroxyl groups is 8. The second-order valence-corrected chi connectivity index (χ2v) is 20.0. The molecule has 0 amide bonds. The smallest absolute Gasteiger partial charge is 0.187 e. The Bertz CT molecular complexity index is 1330. The van der Waals surface area contributed by atoms with Crippen molar-refractivity contribution in [3.63, 3.8) is 0 Å². The van der Waals surface area contributed by atoms with Crippen LogP contribution in [0.1, 0.15) is 120 Å². The second-order valence-electron chi connectivity index (χ2n) is 20.0. The number of allylic oxidation sites excluding steroid dienone is 2. The first-order valence-corrected chi connectivity index (χ1v) is 20.8. The third-order valence-electron chi connectivity index (χ3n) is 16.6. The Kier molecular flexibility index (Phi) is 12.3. The van der Waals surface area contributed by atoms with Crippen molar-refractivity contribution in [3.8, 4) is 0 Å². The summed E-state index contributed by atoms with van der Waals surface area (Å²) in [6.07, 6.45) is -3.01. The van der Waals surface area contributed by atoms with Crippen LogP contribution in [-0.4, -0.2) is 127 Å². The fourth-order valence-electron chi connectivity index (χ4n) is 13.4. The number of aliphatic hydroxyl groups excluding tert-OH is 7. The average molecular weight is 769 g/mol. The van der Waals surface area contributed by atoms with E-state index in [0.717, 1.165) is 57.8 Å². The van der Waals surface area contributed by atoms with Gasteiger partial charge in [0.1, 0.15) is 48.8 Å². The van der Waals surface area contributed by atoms with E-state index in [1.807, 2.05) is 0 Å². The minimum Gasteiger partial charge on any atom is -0.394 e. The standard InChI is InChI=1S/C42H72O12/c1-22(2)10-9-16-42(8,50)24-13-18-40(6)23(24)11-12-28-39(5)17-15-29(38(3,4)27(39)14-19-41(28,40)7)53-37-35(33(48)31(46)26(21-44)52-37)54-36-34(49)32(47)30(45)25(20-43)51-36/h10,23-37,43-50H,9,11-21H2,1-8H3/t23?,24?,25-,26-,27?,28?,29+,30-,31-,32+,33+,34-,35-,36?,37?,39+,40-,41-,42?/m1/s1. The van der Waals surface area contributed by atoms with Gasteiger partial charge in [0.15, 0.2) is 12.6 Å². The highest BCUT2D eigenvalue weighted by atomic mass is 16.8. The number of hydrogen-bond acceptors (Lipinski definition) is 12. The summed E-state index contributed by atoms with van der Waals surface area (Å²) in [4.78, 5) is 0. The summed E-state index contributed by atoms with van der Waals surface area (Å²) in [6, 6.07) is 0. The first kappa shape index (κ1) is 42.9. The van der Waals surface area contributed by atoms with Crippen LogP contribution < -0.4 is 0 Å². The van der Waals surface area contributed by atoms with Gasteiger partial charge < -0.3 is 59.8 Å². The van der Waals surface area contributed by atoms with Crippen molar-refractivity contribution in [2.24, 2.45) is 45.3 Å². The Morgan fingerprint density at radius 1 is 0.704 bits per heavy atom. The molecule has 6 aliphatic rings. The van der Waals surface area contributed by atoms with Gasteiger partial charge in [0, 0.05) is 0 Å². The van der Waals surface area contributed by atoms with Crippen LogP contribution in [-0.2, 0) is 18.9 Å². The molecule has 19 atom stereocenters. The number of hydrogen-bond donors (Lipinski definition) is 8. The summed E-state index contributed by atoms with van der Waals surface area (Å²) in [5, 5.41) is 85.2. The van der Waals surface area contributed by atoms with Crippen molar-refractivity contribution in [2.75, 3.05) is 13.2 Å². The molecule has 2 heterocycles. The molecule has 54 heavy (non-hydrogen) atoms. The third-order valence-corrected chi connectivity index (χ3v) is 16.6. The van der Waals surface area contributed by atoms with Crippen LogP contribution in [0.3, 0.4) is 0 Å². The number of rotatable bonds is 10. The molecule has 4 saturated carbocycles. The molecule has 4 aliphatic carbocycles. The second kappa shape index (κ2) is 15.5. The van der Waals surface area contributed by atoms with E-state index < -0.39 is 80.2 Å². The molecule has 0 aromatic carbocycles. The molecular formula is C42H72O12. The summed E-state index contributed by atoms with van der Waals surface area (Å²) in [7, 11) is 0. The molecule has 0 spiro atoms. The molecule has 12 nitrogen and oxygen atoms in total. The zero-order valence-electron chi connectivity index (χ0n) is 33.9. The van der Waals surface area contributed by atoms with Gasteiger partial charge in [-0.3, -0.25) is 0 Å². The van der Waals surface area contributed by atoms with Gasteiger partial charge in [-0.1, -0.05) is 46.3 Å². The van der Waals surface area contributed by atoms with E-state index in [4.69, 9.17) is 18.9 Å². The first-order chi connectivity index (χ1) is 25.2. The minimum atomic E-state index is -1.73. The summed E-state index contributed by atoms with van der Waals surface area (Å²) in [5.41, 5.74) is 0.555.